The number of rotatable bonds is 8. The second-order valence-corrected chi connectivity index (χ2v) is 6.09. The van der Waals surface area contributed by atoms with Crippen molar-refractivity contribution in [2.45, 2.75) is 13.0 Å². The number of nitrogens with one attached hydrogen (secondary N) is 2. The molecule has 0 fully saturated rings. The summed E-state index contributed by atoms with van der Waals surface area (Å²) in [5, 5.41) is 6.17. The fourth-order valence-corrected chi connectivity index (χ4v) is 2.73. The van der Waals surface area contributed by atoms with Gasteiger partial charge in [0.15, 0.2) is 0 Å². The Morgan fingerprint density at radius 1 is 1.00 bits per heavy atom. The molecular formula is C22H23N3O2. The molecule has 5 heteroatoms. The van der Waals surface area contributed by atoms with E-state index < -0.39 is 0 Å². The van der Waals surface area contributed by atoms with Gasteiger partial charge in [-0.25, -0.2) is 4.98 Å². The van der Waals surface area contributed by atoms with Crippen LogP contribution in [0.25, 0.3) is 0 Å². The monoisotopic (exact) mass is 361 g/mol. The van der Waals surface area contributed by atoms with Crippen LogP contribution in [0, 0.1) is 0 Å². The predicted octanol–water partition coefficient (Wildman–Crippen LogP) is 3.67. The summed E-state index contributed by atoms with van der Waals surface area (Å²) >= 11 is 0. The topological polar surface area (TPSA) is 63.2 Å². The Kier molecular flexibility index (Phi) is 6.41. The standard InChI is InChI=1S/C22H23N3O2/c1-27-20-10-6-5-9-18(20)15-24-21-12-11-19(16-25-21)22(26)23-14-13-17-7-3-2-4-8-17/h2-12,16H,13-15H2,1H3,(H,23,26)(H,24,25). The van der Waals surface area contributed by atoms with Crippen molar-refractivity contribution in [3.8, 4) is 5.75 Å². The molecule has 1 heterocycles. The zero-order chi connectivity index (χ0) is 18.9. The smallest absolute Gasteiger partial charge is 0.252 e. The minimum absolute atomic E-state index is 0.116. The molecule has 27 heavy (non-hydrogen) atoms. The van der Waals surface area contributed by atoms with Crippen molar-refractivity contribution in [1.29, 1.82) is 0 Å². The summed E-state index contributed by atoms with van der Waals surface area (Å²) in [5.41, 5.74) is 2.79. The molecule has 3 rings (SSSR count). The molecule has 138 valence electrons. The van der Waals surface area contributed by atoms with Gasteiger partial charge in [0, 0.05) is 24.8 Å². The first-order chi connectivity index (χ1) is 13.3. The number of hydrogen-bond acceptors (Lipinski definition) is 4. The summed E-state index contributed by atoms with van der Waals surface area (Å²) in [5.74, 6) is 1.43. The number of carbonyl (C=O) groups excluding carboxylic acids is 1. The minimum Gasteiger partial charge on any atom is -0.496 e. The highest BCUT2D eigenvalue weighted by Gasteiger charge is 2.06. The van der Waals surface area contributed by atoms with Crippen molar-refractivity contribution in [3.05, 3.63) is 89.6 Å². The number of ether oxygens (including phenoxy) is 1. The number of nitrogens with zero attached hydrogens (tertiary/aromatic N) is 1. The van der Waals surface area contributed by atoms with Gasteiger partial charge in [-0.3, -0.25) is 4.79 Å². The number of methoxy groups -OCH3 is 1. The molecule has 1 amide bonds. The fraction of sp³-hybridized carbons (Fsp3) is 0.182. The quantitative estimate of drug-likeness (QED) is 0.642. The number of benzene rings is 2. The second-order valence-electron chi connectivity index (χ2n) is 6.09. The Morgan fingerprint density at radius 2 is 1.78 bits per heavy atom. The van der Waals surface area contributed by atoms with E-state index >= 15 is 0 Å². The SMILES string of the molecule is COc1ccccc1CNc1ccc(C(=O)NCCc2ccccc2)cn1. The Bertz CT molecular complexity index is 864. The van der Waals surface area contributed by atoms with E-state index in [-0.39, 0.29) is 5.91 Å². The predicted molar refractivity (Wildman–Crippen MR) is 107 cm³/mol. The van der Waals surface area contributed by atoms with Crippen LogP contribution >= 0.6 is 0 Å². The van der Waals surface area contributed by atoms with Crippen LogP contribution in [-0.2, 0) is 13.0 Å². The lowest BCUT2D eigenvalue weighted by molar-refractivity contribution is 0.0954. The lowest BCUT2D eigenvalue weighted by Crippen LogP contribution is -2.25. The van der Waals surface area contributed by atoms with Crippen LogP contribution < -0.4 is 15.4 Å². The number of amides is 1. The molecule has 0 aliphatic rings. The summed E-state index contributed by atoms with van der Waals surface area (Å²) in [6.45, 7) is 1.19. The van der Waals surface area contributed by atoms with Crippen LogP contribution in [0.15, 0.2) is 72.9 Å². The van der Waals surface area contributed by atoms with Crippen LogP contribution in [0.5, 0.6) is 5.75 Å². The number of pyridine rings is 1. The number of anilines is 1. The van der Waals surface area contributed by atoms with E-state index in [1.54, 1.807) is 19.4 Å². The highest BCUT2D eigenvalue weighted by molar-refractivity contribution is 5.94. The van der Waals surface area contributed by atoms with Crippen LogP contribution in [0.2, 0.25) is 0 Å². The molecule has 1 aromatic heterocycles. The number of carbonyl (C=O) groups is 1. The largest absolute Gasteiger partial charge is 0.496 e. The van der Waals surface area contributed by atoms with Crippen molar-refractivity contribution in [2.24, 2.45) is 0 Å². The third-order valence-electron chi connectivity index (χ3n) is 4.22. The van der Waals surface area contributed by atoms with Crippen LogP contribution in [0.4, 0.5) is 5.82 Å². The summed E-state index contributed by atoms with van der Waals surface area (Å²) < 4.78 is 5.34. The normalized spacial score (nSPS) is 10.3. The van der Waals surface area contributed by atoms with E-state index in [2.05, 4.69) is 27.8 Å². The van der Waals surface area contributed by atoms with Crippen LogP contribution in [0.3, 0.4) is 0 Å². The van der Waals surface area contributed by atoms with Gasteiger partial charge in [0.25, 0.3) is 5.91 Å². The number of hydrogen-bond donors (Lipinski definition) is 2. The Labute approximate surface area is 159 Å². The number of para-hydroxylation sites is 1. The van der Waals surface area contributed by atoms with Gasteiger partial charge in [0.1, 0.15) is 11.6 Å². The molecule has 0 atom stereocenters. The summed E-state index contributed by atoms with van der Waals surface area (Å²) in [6.07, 6.45) is 2.39. The van der Waals surface area contributed by atoms with E-state index in [9.17, 15) is 4.79 Å². The van der Waals surface area contributed by atoms with E-state index in [0.29, 0.717) is 24.5 Å². The molecule has 2 aromatic carbocycles. The zero-order valence-electron chi connectivity index (χ0n) is 15.3. The second kappa shape index (κ2) is 9.38. The molecule has 0 spiro atoms. The summed E-state index contributed by atoms with van der Waals surface area (Å²) in [7, 11) is 1.66. The van der Waals surface area contributed by atoms with Crippen molar-refractivity contribution in [1.82, 2.24) is 10.3 Å². The van der Waals surface area contributed by atoms with Crippen molar-refractivity contribution in [2.75, 3.05) is 19.0 Å². The maximum atomic E-state index is 12.2. The van der Waals surface area contributed by atoms with Gasteiger partial charge in [-0.05, 0) is 30.2 Å². The minimum atomic E-state index is -0.116. The molecule has 0 bridgehead atoms. The zero-order valence-corrected chi connectivity index (χ0v) is 15.3. The summed E-state index contributed by atoms with van der Waals surface area (Å²) in [6, 6.07) is 21.5. The van der Waals surface area contributed by atoms with Crippen molar-refractivity contribution in [3.63, 3.8) is 0 Å². The number of aromatic nitrogens is 1. The molecule has 0 saturated carbocycles. The van der Waals surface area contributed by atoms with Gasteiger partial charge < -0.3 is 15.4 Å². The third-order valence-corrected chi connectivity index (χ3v) is 4.22. The molecule has 0 unspecified atom stereocenters. The maximum absolute atomic E-state index is 12.2. The molecule has 0 saturated heterocycles. The first kappa shape index (κ1) is 18.5. The summed E-state index contributed by atoms with van der Waals surface area (Å²) in [4.78, 5) is 16.5. The first-order valence-electron chi connectivity index (χ1n) is 8.90. The van der Waals surface area contributed by atoms with Crippen LogP contribution in [-0.4, -0.2) is 24.5 Å². The lowest BCUT2D eigenvalue weighted by atomic mass is 10.1. The third kappa shape index (κ3) is 5.31. The highest BCUT2D eigenvalue weighted by atomic mass is 16.5. The van der Waals surface area contributed by atoms with Crippen LogP contribution in [0.1, 0.15) is 21.5 Å². The van der Waals surface area contributed by atoms with E-state index in [1.165, 1.54) is 5.56 Å². The Hall–Kier alpha value is -3.34. The van der Waals surface area contributed by atoms with Crippen molar-refractivity contribution >= 4 is 11.7 Å². The molecule has 2 N–H and O–H groups in total. The average molecular weight is 361 g/mol. The van der Waals surface area contributed by atoms with Gasteiger partial charge >= 0.3 is 0 Å². The fourth-order valence-electron chi connectivity index (χ4n) is 2.73. The van der Waals surface area contributed by atoms with Gasteiger partial charge in [0.2, 0.25) is 0 Å². The molecule has 0 aliphatic carbocycles. The maximum Gasteiger partial charge on any atom is 0.252 e. The highest BCUT2D eigenvalue weighted by Crippen LogP contribution is 2.18. The molecule has 3 aromatic rings. The van der Waals surface area contributed by atoms with Gasteiger partial charge in [-0.15, -0.1) is 0 Å². The molecular weight excluding hydrogens is 338 g/mol. The lowest BCUT2D eigenvalue weighted by Gasteiger charge is -2.10. The Morgan fingerprint density at radius 3 is 2.52 bits per heavy atom. The Balaban J connectivity index is 1.49. The molecule has 0 radical (unpaired) electrons. The average Bonchev–Trinajstić information content (AvgIpc) is 2.73. The van der Waals surface area contributed by atoms with Crippen molar-refractivity contribution < 1.29 is 9.53 Å². The molecule has 0 aliphatic heterocycles. The van der Waals surface area contributed by atoms with Gasteiger partial charge in [-0.1, -0.05) is 48.5 Å². The van der Waals surface area contributed by atoms with E-state index in [4.69, 9.17) is 4.74 Å². The first-order valence-corrected chi connectivity index (χ1v) is 8.90. The van der Waals surface area contributed by atoms with Gasteiger partial charge in [-0.2, -0.15) is 0 Å². The van der Waals surface area contributed by atoms with E-state index in [1.807, 2.05) is 48.5 Å². The van der Waals surface area contributed by atoms with E-state index in [0.717, 1.165) is 17.7 Å². The van der Waals surface area contributed by atoms with Gasteiger partial charge in [0.05, 0.1) is 12.7 Å². The molecule has 5 nitrogen and oxygen atoms in total.